The number of halogens is 1. The predicted molar refractivity (Wildman–Crippen MR) is 118 cm³/mol. The molecule has 2 heterocycles. The second kappa shape index (κ2) is 7.93. The van der Waals surface area contributed by atoms with Crippen LogP contribution in [0.4, 0.5) is 5.69 Å². The molecular formula is C23H26ClN3O3. The second-order valence-electron chi connectivity index (χ2n) is 8.60. The van der Waals surface area contributed by atoms with E-state index in [0.29, 0.717) is 23.0 Å². The van der Waals surface area contributed by atoms with Crippen LogP contribution in [0.2, 0.25) is 5.02 Å². The van der Waals surface area contributed by atoms with Crippen LogP contribution in [0.25, 0.3) is 0 Å². The number of hydrogen-bond donors (Lipinski definition) is 1. The lowest BCUT2D eigenvalue weighted by Crippen LogP contribution is -2.52. The normalized spacial score (nSPS) is 16.8. The van der Waals surface area contributed by atoms with Crippen molar-refractivity contribution >= 4 is 29.1 Å². The first-order valence-electron chi connectivity index (χ1n) is 10.1. The van der Waals surface area contributed by atoms with E-state index < -0.39 is 11.4 Å². The molecule has 0 atom stereocenters. The van der Waals surface area contributed by atoms with E-state index in [-0.39, 0.29) is 0 Å². The Kier molecular flexibility index (Phi) is 5.47. The fraction of sp³-hybridized carbons (Fsp3) is 0.391. The van der Waals surface area contributed by atoms with Gasteiger partial charge in [0.15, 0.2) is 5.75 Å². The van der Waals surface area contributed by atoms with Gasteiger partial charge in [-0.25, -0.2) is 4.99 Å². The molecule has 0 amide bonds. The minimum absolute atomic E-state index is 0.528. The van der Waals surface area contributed by atoms with E-state index in [4.69, 9.17) is 21.3 Å². The number of ether oxygens (including phenoxy) is 1. The third-order valence-electron chi connectivity index (χ3n) is 5.61. The molecule has 1 N–H and O–H groups in total. The van der Waals surface area contributed by atoms with Crippen molar-refractivity contribution < 1.29 is 14.6 Å². The quantitative estimate of drug-likeness (QED) is 0.777. The molecule has 0 bridgehead atoms. The number of carboxylic acids is 1. The summed E-state index contributed by atoms with van der Waals surface area (Å²) in [6.45, 7) is 9.19. The smallest absolute Gasteiger partial charge is 0.310 e. The Labute approximate surface area is 181 Å². The maximum atomic E-state index is 11.5. The molecule has 1 fully saturated rings. The van der Waals surface area contributed by atoms with Crippen LogP contribution in [0.1, 0.15) is 25.0 Å². The second-order valence-corrected chi connectivity index (χ2v) is 9.04. The van der Waals surface area contributed by atoms with Crippen molar-refractivity contribution in [1.82, 2.24) is 9.80 Å². The maximum absolute atomic E-state index is 11.5. The zero-order chi connectivity index (χ0) is 21.5. The maximum Gasteiger partial charge on any atom is 0.310 e. The van der Waals surface area contributed by atoms with Crippen molar-refractivity contribution in [2.24, 2.45) is 10.4 Å². The molecule has 7 heteroatoms. The Morgan fingerprint density at radius 1 is 1.13 bits per heavy atom. The molecule has 4 rings (SSSR count). The Balaban J connectivity index is 1.62. The van der Waals surface area contributed by atoms with Gasteiger partial charge in [-0.1, -0.05) is 17.7 Å². The largest absolute Gasteiger partial charge is 0.481 e. The zero-order valence-corrected chi connectivity index (χ0v) is 18.2. The summed E-state index contributed by atoms with van der Waals surface area (Å²) in [6, 6.07) is 11.6. The number of carboxylic acid groups (broad SMARTS) is 1. The Bertz CT molecular complexity index is 1010. The number of aliphatic imine (C=N–C) groups is 1. The highest BCUT2D eigenvalue weighted by Crippen LogP contribution is 2.40. The van der Waals surface area contributed by atoms with E-state index >= 15 is 0 Å². The zero-order valence-electron chi connectivity index (χ0n) is 17.5. The number of amidine groups is 1. The molecule has 2 aliphatic heterocycles. The van der Waals surface area contributed by atoms with E-state index in [9.17, 15) is 9.90 Å². The summed E-state index contributed by atoms with van der Waals surface area (Å²) in [7, 11) is 0. The summed E-state index contributed by atoms with van der Waals surface area (Å²) in [6.07, 6.45) is 0. The lowest BCUT2D eigenvalue weighted by atomic mass is 9.93. The minimum atomic E-state index is -0.770. The number of aryl methyl sites for hydroxylation is 1. The van der Waals surface area contributed by atoms with Gasteiger partial charge >= 0.3 is 5.97 Å². The van der Waals surface area contributed by atoms with Crippen LogP contribution in [0.3, 0.4) is 0 Å². The van der Waals surface area contributed by atoms with Crippen LogP contribution >= 0.6 is 11.6 Å². The highest BCUT2D eigenvalue weighted by molar-refractivity contribution is 6.31. The molecule has 0 saturated carbocycles. The van der Waals surface area contributed by atoms with Gasteiger partial charge in [-0.05, 0) is 56.7 Å². The van der Waals surface area contributed by atoms with Crippen molar-refractivity contribution in [2.45, 2.75) is 20.8 Å². The third-order valence-corrected chi connectivity index (χ3v) is 5.85. The number of fused-ring (bicyclic) bond motifs is 2. The van der Waals surface area contributed by atoms with Gasteiger partial charge in [0.25, 0.3) is 0 Å². The van der Waals surface area contributed by atoms with Crippen molar-refractivity contribution in [3.63, 3.8) is 0 Å². The Morgan fingerprint density at radius 3 is 2.57 bits per heavy atom. The molecule has 0 radical (unpaired) electrons. The Hall–Kier alpha value is -2.57. The summed E-state index contributed by atoms with van der Waals surface area (Å²) in [5.74, 6) is 1.56. The summed E-state index contributed by atoms with van der Waals surface area (Å²) in [5, 5.41) is 10.0. The summed E-state index contributed by atoms with van der Waals surface area (Å²) < 4.78 is 6.20. The molecule has 2 aromatic carbocycles. The number of aliphatic carboxylic acids is 1. The average molecular weight is 428 g/mol. The highest BCUT2D eigenvalue weighted by Gasteiger charge is 2.32. The van der Waals surface area contributed by atoms with E-state index in [0.717, 1.165) is 48.9 Å². The number of hydrogen-bond acceptors (Lipinski definition) is 5. The molecule has 30 heavy (non-hydrogen) atoms. The topological polar surface area (TPSA) is 65.4 Å². The summed E-state index contributed by atoms with van der Waals surface area (Å²) >= 11 is 6.21. The number of benzene rings is 2. The molecule has 1 saturated heterocycles. The van der Waals surface area contributed by atoms with Crippen molar-refractivity contribution in [1.29, 1.82) is 0 Å². The van der Waals surface area contributed by atoms with Crippen molar-refractivity contribution in [2.75, 3.05) is 32.7 Å². The van der Waals surface area contributed by atoms with E-state index in [1.807, 2.05) is 25.1 Å². The van der Waals surface area contributed by atoms with Crippen LogP contribution in [0, 0.1) is 12.3 Å². The summed E-state index contributed by atoms with van der Waals surface area (Å²) in [4.78, 5) is 20.9. The predicted octanol–water partition coefficient (Wildman–Crippen LogP) is 4.56. The molecule has 0 spiro atoms. The van der Waals surface area contributed by atoms with E-state index in [1.54, 1.807) is 19.9 Å². The standard InChI is InChI=1S/C23H26ClN3O3/c1-15-4-6-17-20(12-15)30-19-7-5-16(24)13-18(19)25-21(17)27-10-8-26(9-11-27)14-23(2,3)22(28)29/h4-7,12-13H,8-11,14H2,1-3H3,(H,28,29). The van der Waals surface area contributed by atoms with Crippen molar-refractivity contribution in [3.8, 4) is 11.5 Å². The number of nitrogens with zero attached hydrogens (tertiary/aromatic N) is 3. The van der Waals surface area contributed by atoms with Gasteiger partial charge in [-0.15, -0.1) is 0 Å². The van der Waals surface area contributed by atoms with Gasteiger partial charge in [-0.2, -0.15) is 0 Å². The number of piperazine rings is 1. The fourth-order valence-corrected chi connectivity index (χ4v) is 4.01. The third kappa shape index (κ3) is 4.16. The van der Waals surface area contributed by atoms with Crippen LogP contribution in [-0.2, 0) is 4.79 Å². The SMILES string of the molecule is Cc1ccc2c(c1)Oc1ccc(Cl)cc1N=C2N1CCN(CC(C)(C)C(=O)O)CC1. The van der Waals surface area contributed by atoms with Gasteiger partial charge in [-0.3, -0.25) is 9.69 Å². The highest BCUT2D eigenvalue weighted by atomic mass is 35.5. The molecule has 158 valence electrons. The van der Waals surface area contributed by atoms with Gasteiger partial charge in [0.2, 0.25) is 0 Å². The molecule has 0 aliphatic carbocycles. The van der Waals surface area contributed by atoms with E-state index in [1.165, 1.54) is 0 Å². The summed E-state index contributed by atoms with van der Waals surface area (Å²) in [5.41, 5.74) is 2.01. The average Bonchev–Trinajstić information content (AvgIpc) is 2.84. The van der Waals surface area contributed by atoms with Crippen LogP contribution in [0.5, 0.6) is 11.5 Å². The molecule has 2 aromatic rings. The monoisotopic (exact) mass is 427 g/mol. The van der Waals surface area contributed by atoms with Gasteiger partial charge in [0.05, 0.1) is 11.0 Å². The van der Waals surface area contributed by atoms with E-state index in [2.05, 4.69) is 21.9 Å². The van der Waals surface area contributed by atoms with Gasteiger partial charge < -0.3 is 14.7 Å². The fourth-order valence-electron chi connectivity index (χ4n) is 3.84. The van der Waals surface area contributed by atoms with Crippen LogP contribution < -0.4 is 4.74 Å². The molecule has 0 unspecified atom stereocenters. The first-order valence-corrected chi connectivity index (χ1v) is 10.5. The Morgan fingerprint density at radius 2 is 1.87 bits per heavy atom. The molecular weight excluding hydrogens is 402 g/mol. The minimum Gasteiger partial charge on any atom is -0.481 e. The lowest BCUT2D eigenvalue weighted by Gasteiger charge is -2.39. The lowest BCUT2D eigenvalue weighted by molar-refractivity contribution is -0.148. The van der Waals surface area contributed by atoms with Gasteiger partial charge in [0.1, 0.15) is 17.3 Å². The molecule has 0 aromatic heterocycles. The van der Waals surface area contributed by atoms with Crippen LogP contribution in [0.15, 0.2) is 41.4 Å². The van der Waals surface area contributed by atoms with Gasteiger partial charge in [0, 0.05) is 37.7 Å². The number of rotatable bonds is 3. The first kappa shape index (κ1) is 20.7. The molecule has 6 nitrogen and oxygen atoms in total. The first-order chi connectivity index (χ1) is 14.2. The van der Waals surface area contributed by atoms with Crippen molar-refractivity contribution in [3.05, 3.63) is 52.5 Å². The molecule has 2 aliphatic rings. The number of carbonyl (C=O) groups is 1. The van der Waals surface area contributed by atoms with Crippen LogP contribution in [-0.4, -0.2) is 59.4 Å².